The Hall–Kier alpha value is -2.42. The zero-order valence-electron chi connectivity index (χ0n) is 14.7. The van der Waals surface area contributed by atoms with E-state index in [1.54, 1.807) is 13.2 Å². The average molecular weight is 324 g/mol. The van der Waals surface area contributed by atoms with E-state index in [1.165, 1.54) is 5.56 Å². The lowest BCUT2D eigenvalue weighted by Gasteiger charge is -2.31. The number of methoxy groups -OCH3 is 1. The van der Waals surface area contributed by atoms with Gasteiger partial charge in [-0.3, -0.25) is 0 Å². The molecular formula is C21H24O3. The zero-order chi connectivity index (χ0) is 17.3. The molecule has 126 valence electrons. The van der Waals surface area contributed by atoms with Gasteiger partial charge in [-0.25, -0.2) is 0 Å². The van der Waals surface area contributed by atoms with Gasteiger partial charge in [0, 0.05) is 11.1 Å². The van der Waals surface area contributed by atoms with Crippen molar-refractivity contribution in [3.63, 3.8) is 0 Å². The summed E-state index contributed by atoms with van der Waals surface area (Å²) in [6, 6.07) is 9.56. The molecule has 1 aliphatic rings. The van der Waals surface area contributed by atoms with Crippen LogP contribution in [0.15, 0.2) is 36.4 Å². The largest absolute Gasteiger partial charge is 0.508 e. The van der Waals surface area contributed by atoms with Crippen LogP contribution in [0.25, 0.3) is 6.08 Å². The molecule has 3 rings (SSSR count). The molecule has 0 spiro atoms. The van der Waals surface area contributed by atoms with Gasteiger partial charge in [0.1, 0.15) is 22.8 Å². The fraction of sp³-hybridized carbons (Fsp3) is 0.333. The van der Waals surface area contributed by atoms with E-state index in [1.807, 2.05) is 39.0 Å². The number of aromatic hydroxyl groups is 1. The van der Waals surface area contributed by atoms with Crippen LogP contribution in [0.3, 0.4) is 0 Å². The third-order valence-corrected chi connectivity index (χ3v) is 4.50. The minimum absolute atomic E-state index is 0.320. The van der Waals surface area contributed by atoms with Crippen molar-refractivity contribution in [2.24, 2.45) is 0 Å². The van der Waals surface area contributed by atoms with E-state index in [2.05, 4.69) is 18.2 Å². The Labute approximate surface area is 143 Å². The van der Waals surface area contributed by atoms with Crippen LogP contribution in [0.1, 0.15) is 36.1 Å². The van der Waals surface area contributed by atoms with Gasteiger partial charge in [-0.05, 0) is 62.9 Å². The van der Waals surface area contributed by atoms with Crippen molar-refractivity contribution < 1.29 is 14.6 Å². The molecule has 0 aliphatic carbocycles. The van der Waals surface area contributed by atoms with E-state index in [9.17, 15) is 5.11 Å². The number of phenols is 1. The minimum Gasteiger partial charge on any atom is -0.508 e. The second-order valence-electron chi connectivity index (χ2n) is 6.77. The number of hydrogen-bond acceptors (Lipinski definition) is 3. The maximum atomic E-state index is 9.98. The van der Waals surface area contributed by atoms with Crippen LogP contribution in [-0.2, 0) is 12.8 Å². The summed E-state index contributed by atoms with van der Waals surface area (Å²) in [4.78, 5) is 0. The van der Waals surface area contributed by atoms with Gasteiger partial charge in [0.05, 0.1) is 7.11 Å². The molecule has 1 heterocycles. The number of benzene rings is 2. The standard InChI is InChI=1S/C21H24O3/c1-14-19(23-4)13-16(10-9-15-7-5-6-8-18(15)22)17-11-12-21(2,3)24-20(14)17/h5-8,11-13,22H,9-10H2,1-4H3. The van der Waals surface area contributed by atoms with Crippen molar-refractivity contribution >= 4 is 6.08 Å². The lowest BCUT2D eigenvalue weighted by atomic mass is 9.92. The monoisotopic (exact) mass is 324 g/mol. The van der Waals surface area contributed by atoms with E-state index in [0.717, 1.165) is 41.0 Å². The van der Waals surface area contributed by atoms with E-state index in [-0.39, 0.29) is 5.60 Å². The van der Waals surface area contributed by atoms with Gasteiger partial charge in [0.2, 0.25) is 0 Å². The summed E-state index contributed by atoms with van der Waals surface area (Å²) in [6.07, 6.45) is 5.81. The molecule has 3 nitrogen and oxygen atoms in total. The maximum absolute atomic E-state index is 9.98. The van der Waals surface area contributed by atoms with Crippen LogP contribution < -0.4 is 9.47 Å². The number of ether oxygens (including phenoxy) is 2. The van der Waals surface area contributed by atoms with Gasteiger partial charge in [-0.1, -0.05) is 24.3 Å². The summed E-state index contributed by atoms with van der Waals surface area (Å²) in [5, 5.41) is 9.98. The van der Waals surface area contributed by atoms with Gasteiger partial charge >= 0.3 is 0 Å². The second kappa shape index (κ2) is 6.23. The first-order valence-electron chi connectivity index (χ1n) is 8.27. The van der Waals surface area contributed by atoms with E-state index >= 15 is 0 Å². The van der Waals surface area contributed by atoms with Crippen LogP contribution in [0.4, 0.5) is 0 Å². The molecule has 1 N–H and O–H groups in total. The molecule has 0 fully saturated rings. The summed E-state index contributed by atoms with van der Waals surface area (Å²) in [5.74, 6) is 2.08. The lowest BCUT2D eigenvalue weighted by molar-refractivity contribution is 0.157. The molecule has 24 heavy (non-hydrogen) atoms. The third kappa shape index (κ3) is 3.12. The molecule has 0 bridgehead atoms. The van der Waals surface area contributed by atoms with Crippen LogP contribution in [0.5, 0.6) is 17.2 Å². The third-order valence-electron chi connectivity index (χ3n) is 4.50. The van der Waals surface area contributed by atoms with Gasteiger partial charge in [0.25, 0.3) is 0 Å². The predicted octanol–water partition coefficient (Wildman–Crippen LogP) is 4.68. The second-order valence-corrected chi connectivity index (χ2v) is 6.77. The Bertz CT molecular complexity index is 788. The molecule has 0 saturated heterocycles. The first kappa shape index (κ1) is 16.4. The molecule has 0 radical (unpaired) electrons. The van der Waals surface area contributed by atoms with Crippen LogP contribution in [0, 0.1) is 6.92 Å². The molecule has 0 aromatic heterocycles. The van der Waals surface area contributed by atoms with Crippen molar-refractivity contribution in [1.82, 2.24) is 0 Å². The zero-order valence-corrected chi connectivity index (χ0v) is 14.7. The molecule has 2 aromatic carbocycles. The number of phenolic OH excluding ortho intramolecular Hbond substituents is 1. The van der Waals surface area contributed by atoms with Crippen LogP contribution in [-0.4, -0.2) is 17.8 Å². The van der Waals surface area contributed by atoms with Crippen molar-refractivity contribution in [3.8, 4) is 17.2 Å². The Morgan fingerprint density at radius 3 is 2.54 bits per heavy atom. The molecule has 0 atom stereocenters. The Morgan fingerprint density at radius 1 is 1.12 bits per heavy atom. The minimum atomic E-state index is -0.320. The summed E-state index contributed by atoms with van der Waals surface area (Å²) >= 11 is 0. The highest BCUT2D eigenvalue weighted by atomic mass is 16.5. The normalized spacial score (nSPS) is 14.8. The van der Waals surface area contributed by atoms with Crippen LogP contribution >= 0.6 is 0 Å². The number of para-hydroxylation sites is 1. The maximum Gasteiger partial charge on any atom is 0.134 e. The van der Waals surface area contributed by atoms with Gasteiger partial charge in [-0.2, -0.15) is 0 Å². The van der Waals surface area contributed by atoms with Crippen molar-refractivity contribution in [1.29, 1.82) is 0 Å². The molecule has 2 aromatic rings. The number of fused-ring (bicyclic) bond motifs is 1. The van der Waals surface area contributed by atoms with Crippen molar-refractivity contribution in [2.75, 3.05) is 7.11 Å². The van der Waals surface area contributed by atoms with Crippen LogP contribution in [0.2, 0.25) is 0 Å². The van der Waals surface area contributed by atoms with E-state index < -0.39 is 0 Å². The van der Waals surface area contributed by atoms with Gasteiger partial charge in [-0.15, -0.1) is 0 Å². The highest BCUT2D eigenvalue weighted by Gasteiger charge is 2.26. The Balaban J connectivity index is 1.98. The average Bonchev–Trinajstić information content (AvgIpc) is 2.55. The first-order valence-corrected chi connectivity index (χ1v) is 8.27. The lowest BCUT2D eigenvalue weighted by Crippen LogP contribution is -2.28. The fourth-order valence-corrected chi connectivity index (χ4v) is 3.11. The molecule has 0 amide bonds. The highest BCUT2D eigenvalue weighted by Crippen LogP contribution is 2.41. The summed E-state index contributed by atoms with van der Waals surface area (Å²) in [5.41, 5.74) is 3.94. The quantitative estimate of drug-likeness (QED) is 0.887. The summed E-state index contributed by atoms with van der Waals surface area (Å²) < 4.78 is 11.7. The highest BCUT2D eigenvalue weighted by molar-refractivity contribution is 5.69. The smallest absolute Gasteiger partial charge is 0.134 e. The Kier molecular flexibility index (Phi) is 4.27. The van der Waals surface area contributed by atoms with Crippen molar-refractivity contribution in [2.45, 2.75) is 39.2 Å². The summed E-state index contributed by atoms with van der Waals surface area (Å²) in [7, 11) is 1.69. The van der Waals surface area contributed by atoms with E-state index in [4.69, 9.17) is 9.47 Å². The van der Waals surface area contributed by atoms with E-state index in [0.29, 0.717) is 5.75 Å². The topological polar surface area (TPSA) is 38.7 Å². The molecular weight excluding hydrogens is 300 g/mol. The van der Waals surface area contributed by atoms with Gasteiger partial charge < -0.3 is 14.6 Å². The molecule has 3 heteroatoms. The molecule has 0 saturated carbocycles. The Morgan fingerprint density at radius 2 is 1.83 bits per heavy atom. The van der Waals surface area contributed by atoms with Crippen molar-refractivity contribution in [3.05, 3.63) is 58.7 Å². The fourth-order valence-electron chi connectivity index (χ4n) is 3.11. The molecule has 0 unspecified atom stereocenters. The van der Waals surface area contributed by atoms with Gasteiger partial charge in [0.15, 0.2) is 0 Å². The SMILES string of the molecule is COc1cc(CCc2ccccc2O)c2c(c1C)OC(C)(C)C=C2. The number of aryl methyl sites for hydroxylation is 2. The first-order chi connectivity index (χ1) is 11.4. The summed E-state index contributed by atoms with van der Waals surface area (Å²) in [6.45, 7) is 6.12. The predicted molar refractivity (Wildman–Crippen MR) is 97.0 cm³/mol. The molecule has 1 aliphatic heterocycles. The number of hydrogen-bond donors (Lipinski definition) is 1. The number of rotatable bonds is 4.